The van der Waals surface area contributed by atoms with Gasteiger partial charge in [-0.05, 0) is 44.9 Å². The Labute approximate surface area is 210 Å². The number of carbonyl (C=O) groups is 1. The molecule has 2 bridgehead atoms. The predicted molar refractivity (Wildman–Crippen MR) is 136 cm³/mol. The second kappa shape index (κ2) is 8.34. The molecule has 0 radical (unpaired) electrons. The molecule has 3 fully saturated rings. The van der Waals surface area contributed by atoms with Crippen LogP contribution in [0.25, 0.3) is 5.65 Å². The van der Waals surface area contributed by atoms with Gasteiger partial charge < -0.3 is 24.4 Å². The minimum atomic E-state index is -0.514. The Bertz CT molecular complexity index is 1270. The van der Waals surface area contributed by atoms with Gasteiger partial charge in [-0.2, -0.15) is 4.98 Å². The van der Waals surface area contributed by atoms with E-state index in [1.165, 1.54) is 6.42 Å². The molecule has 9 nitrogen and oxygen atoms in total. The number of piperidine rings is 1. The van der Waals surface area contributed by atoms with Gasteiger partial charge in [-0.25, -0.2) is 9.97 Å². The van der Waals surface area contributed by atoms with Crippen LogP contribution in [0.5, 0.6) is 0 Å². The number of carbonyl (C=O) groups excluding carboxylic acids is 1. The number of amides is 1. The van der Waals surface area contributed by atoms with Crippen LogP contribution in [0.1, 0.15) is 26.0 Å². The van der Waals surface area contributed by atoms with Crippen LogP contribution in [0.4, 0.5) is 11.8 Å². The molecule has 0 aliphatic carbocycles. The van der Waals surface area contributed by atoms with Gasteiger partial charge >= 0.3 is 0 Å². The van der Waals surface area contributed by atoms with E-state index in [1.54, 1.807) is 6.20 Å². The van der Waals surface area contributed by atoms with Crippen LogP contribution in [0, 0.1) is 11.8 Å². The maximum atomic E-state index is 13.5. The first-order valence-electron chi connectivity index (χ1n) is 12.3. The number of rotatable bonds is 5. The summed E-state index contributed by atoms with van der Waals surface area (Å²) in [6.07, 6.45) is 6.73. The average molecular weight is 495 g/mol. The molecule has 0 spiro atoms. The molecule has 2 atom stereocenters. The van der Waals surface area contributed by atoms with Crippen molar-refractivity contribution >= 4 is 34.9 Å². The number of pyridine rings is 1. The summed E-state index contributed by atoms with van der Waals surface area (Å²) < 4.78 is 2.04. The third-order valence-electron chi connectivity index (χ3n) is 8.03. The summed E-state index contributed by atoms with van der Waals surface area (Å²) in [5.41, 5.74) is 1.34. The highest BCUT2D eigenvalue weighted by atomic mass is 35.5. The second-order valence-corrected chi connectivity index (χ2v) is 10.9. The molecule has 0 aromatic carbocycles. The number of nitrogens with one attached hydrogen (secondary N) is 1. The highest BCUT2D eigenvalue weighted by Crippen LogP contribution is 2.36. The number of anilines is 2. The van der Waals surface area contributed by atoms with Gasteiger partial charge in [0.25, 0.3) is 0 Å². The largest absolute Gasteiger partial charge is 0.353 e. The van der Waals surface area contributed by atoms with Crippen molar-refractivity contribution in [2.75, 3.05) is 49.6 Å². The fourth-order valence-electron chi connectivity index (χ4n) is 5.68. The van der Waals surface area contributed by atoms with Crippen molar-refractivity contribution in [3.8, 4) is 0 Å². The molecular weight excluding hydrogens is 464 g/mol. The number of fused-ring (bicyclic) bond motifs is 3. The molecule has 3 aliphatic heterocycles. The van der Waals surface area contributed by atoms with E-state index in [0.717, 1.165) is 42.7 Å². The summed E-state index contributed by atoms with van der Waals surface area (Å²) in [5, 5.41) is 4.02. The number of nitrogens with zero attached hydrogens (tertiary/aromatic N) is 7. The molecule has 1 amide bonds. The van der Waals surface area contributed by atoms with Gasteiger partial charge in [-0.1, -0.05) is 17.7 Å². The minimum absolute atomic E-state index is 0.108. The van der Waals surface area contributed by atoms with Crippen molar-refractivity contribution in [1.29, 1.82) is 0 Å². The average Bonchev–Trinajstić information content (AvgIpc) is 3.39. The van der Waals surface area contributed by atoms with Gasteiger partial charge in [0, 0.05) is 45.5 Å². The zero-order valence-electron chi connectivity index (χ0n) is 20.4. The fraction of sp³-hybridized carbons (Fsp3) is 0.520. The van der Waals surface area contributed by atoms with Gasteiger partial charge in [0.1, 0.15) is 10.7 Å². The van der Waals surface area contributed by atoms with Crippen LogP contribution in [0.2, 0.25) is 5.02 Å². The van der Waals surface area contributed by atoms with Gasteiger partial charge in [0.2, 0.25) is 11.9 Å². The Morgan fingerprint density at radius 3 is 2.80 bits per heavy atom. The number of aromatic nitrogens is 4. The lowest BCUT2D eigenvalue weighted by atomic mass is 9.93. The maximum Gasteiger partial charge on any atom is 0.229 e. The van der Waals surface area contributed by atoms with E-state index in [0.29, 0.717) is 30.1 Å². The van der Waals surface area contributed by atoms with Crippen molar-refractivity contribution in [2.45, 2.75) is 31.8 Å². The van der Waals surface area contributed by atoms with E-state index in [1.807, 2.05) is 46.9 Å². The minimum Gasteiger partial charge on any atom is -0.353 e. The first-order chi connectivity index (χ1) is 16.8. The Balaban J connectivity index is 1.16. The SMILES string of the molecule is CN(C(=O)C1CN(c2nc(N3CC4CNCC3C4)ncc2Cl)C1)C(C)(C)c1cnc2ccccn12. The maximum absolute atomic E-state index is 13.5. The normalized spacial score (nSPS) is 22.5. The number of halogens is 1. The Kier molecular flexibility index (Phi) is 5.37. The van der Waals surface area contributed by atoms with E-state index in [9.17, 15) is 4.79 Å². The number of hydrogen-bond acceptors (Lipinski definition) is 7. The molecule has 184 valence electrons. The van der Waals surface area contributed by atoms with Crippen LogP contribution in [0.15, 0.2) is 36.8 Å². The van der Waals surface area contributed by atoms with Crippen molar-refractivity contribution in [2.24, 2.45) is 11.8 Å². The molecule has 3 saturated heterocycles. The van der Waals surface area contributed by atoms with Crippen LogP contribution in [-0.2, 0) is 10.3 Å². The highest BCUT2D eigenvalue weighted by Gasteiger charge is 2.42. The highest BCUT2D eigenvalue weighted by molar-refractivity contribution is 6.32. The van der Waals surface area contributed by atoms with E-state index < -0.39 is 5.54 Å². The lowest BCUT2D eigenvalue weighted by molar-refractivity contribution is -0.140. The van der Waals surface area contributed by atoms with Crippen molar-refractivity contribution in [1.82, 2.24) is 29.6 Å². The molecule has 10 heteroatoms. The first-order valence-corrected chi connectivity index (χ1v) is 12.7. The molecule has 3 aliphatic rings. The summed E-state index contributed by atoms with van der Waals surface area (Å²) in [6.45, 7) is 8.31. The van der Waals surface area contributed by atoms with Crippen LogP contribution in [-0.4, -0.2) is 76.0 Å². The second-order valence-electron chi connectivity index (χ2n) is 10.5. The standard InChI is InChI=1S/C25H31ClN8O/c1-25(2,20-12-28-21-6-4-5-7-33(20)21)31(3)23(35)17-14-32(15-17)22-19(26)11-29-24(30-22)34-13-16-8-18(34)10-27-9-16/h4-7,11-12,16-18,27H,8-10,13-15H2,1-3H3. The molecule has 6 rings (SSSR count). The van der Waals surface area contributed by atoms with Gasteiger partial charge in [-0.15, -0.1) is 0 Å². The molecule has 3 aromatic rings. The summed E-state index contributed by atoms with van der Waals surface area (Å²) in [7, 11) is 1.88. The lowest BCUT2D eigenvalue weighted by Crippen LogP contribution is -2.57. The van der Waals surface area contributed by atoms with Gasteiger partial charge in [0.05, 0.1) is 29.5 Å². The number of hydrogen-bond donors (Lipinski definition) is 1. The summed E-state index contributed by atoms with van der Waals surface area (Å²) >= 11 is 6.50. The smallest absolute Gasteiger partial charge is 0.229 e. The first kappa shape index (κ1) is 22.5. The van der Waals surface area contributed by atoms with Crippen LogP contribution >= 0.6 is 11.6 Å². The molecule has 3 aromatic heterocycles. The van der Waals surface area contributed by atoms with Gasteiger partial charge in [0.15, 0.2) is 5.82 Å². The Morgan fingerprint density at radius 1 is 1.17 bits per heavy atom. The quantitative estimate of drug-likeness (QED) is 0.583. The zero-order chi connectivity index (χ0) is 24.3. The topological polar surface area (TPSA) is 81.9 Å². The number of imidazole rings is 1. The molecule has 1 N–H and O–H groups in total. The van der Waals surface area contributed by atoms with E-state index in [-0.39, 0.29) is 11.8 Å². The molecule has 2 unspecified atom stereocenters. The third-order valence-corrected chi connectivity index (χ3v) is 8.29. The molecule has 35 heavy (non-hydrogen) atoms. The van der Waals surface area contributed by atoms with E-state index in [4.69, 9.17) is 16.6 Å². The molecular formula is C25H31ClN8O. The Morgan fingerprint density at radius 2 is 2.00 bits per heavy atom. The van der Waals surface area contributed by atoms with Crippen LogP contribution < -0.4 is 15.1 Å². The summed E-state index contributed by atoms with van der Waals surface area (Å²) in [6, 6.07) is 6.35. The third kappa shape index (κ3) is 3.72. The summed E-state index contributed by atoms with van der Waals surface area (Å²) in [5.74, 6) is 2.11. The van der Waals surface area contributed by atoms with E-state index >= 15 is 0 Å². The monoisotopic (exact) mass is 494 g/mol. The molecule has 0 saturated carbocycles. The van der Waals surface area contributed by atoms with Crippen molar-refractivity contribution < 1.29 is 4.79 Å². The van der Waals surface area contributed by atoms with Crippen molar-refractivity contribution in [3.63, 3.8) is 0 Å². The Hall–Kier alpha value is -2.91. The molecule has 6 heterocycles. The van der Waals surface area contributed by atoms with Crippen molar-refractivity contribution in [3.05, 3.63) is 47.5 Å². The zero-order valence-corrected chi connectivity index (χ0v) is 21.1. The van der Waals surface area contributed by atoms with Gasteiger partial charge in [-0.3, -0.25) is 4.79 Å². The van der Waals surface area contributed by atoms with E-state index in [2.05, 4.69) is 38.9 Å². The fourth-order valence-corrected chi connectivity index (χ4v) is 5.89. The summed E-state index contributed by atoms with van der Waals surface area (Å²) in [4.78, 5) is 33.6. The van der Waals surface area contributed by atoms with Crippen LogP contribution in [0.3, 0.4) is 0 Å². The predicted octanol–water partition coefficient (Wildman–Crippen LogP) is 2.41. The lowest BCUT2D eigenvalue weighted by Gasteiger charge is -2.44.